The number of aromatic nitrogens is 3. The fourth-order valence-electron chi connectivity index (χ4n) is 4.51. The summed E-state index contributed by atoms with van der Waals surface area (Å²) in [5, 5.41) is 7.11. The molecule has 1 atom stereocenters. The highest BCUT2D eigenvalue weighted by Crippen LogP contribution is 2.30. The molecule has 5 rings (SSSR count). The molecule has 0 radical (unpaired) electrons. The van der Waals surface area contributed by atoms with Crippen molar-refractivity contribution in [3.63, 3.8) is 0 Å². The number of nitrogens with one attached hydrogen (secondary N) is 3. The first-order valence-electron chi connectivity index (χ1n) is 11.1. The van der Waals surface area contributed by atoms with E-state index >= 15 is 0 Å². The Hall–Kier alpha value is -3.67. The SMILES string of the molecule is CNc1cc2ncc(-c3cc(NC(=O)c4c[nH]c5c4CC(C)CC5)ccc3C)cc2cn1. The van der Waals surface area contributed by atoms with Crippen molar-refractivity contribution in [1.29, 1.82) is 0 Å². The summed E-state index contributed by atoms with van der Waals surface area (Å²) in [5.41, 5.74) is 7.96. The van der Waals surface area contributed by atoms with E-state index < -0.39 is 0 Å². The molecule has 0 spiro atoms. The van der Waals surface area contributed by atoms with Gasteiger partial charge in [0, 0.05) is 54.0 Å². The molecule has 32 heavy (non-hydrogen) atoms. The minimum Gasteiger partial charge on any atom is -0.373 e. The second-order valence-corrected chi connectivity index (χ2v) is 8.73. The number of nitrogens with zero attached hydrogens (tertiary/aromatic N) is 2. The van der Waals surface area contributed by atoms with Gasteiger partial charge in [0.2, 0.25) is 0 Å². The Balaban J connectivity index is 1.44. The van der Waals surface area contributed by atoms with Crippen LogP contribution in [0.4, 0.5) is 11.5 Å². The van der Waals surface area contributed by atoms with Crippen LogP contribution in [0.5, 0.6) is 0 Å². The summed E-state index contributed by atoms with van der Waals surface area (Å²) in [6.07, 6.45) is 8.69. The molecule has 4 aromatic rings. The standard InChI is InChI=1S/C26H27N5O/c1-15-4-7-23-21(8-15)22(14-29-23)26(32)31-19-6-5-16(2)20(10-19)17-9-18-13-30-25(27-3)11-24(18)28-12-17/h5-6,9-15,29H,4,7-8H2,1-3H3,(H,27,30)(H,31,32). The molecule has 1 unspecified atom stereocenters. The quantitative estimate of drug-likeness (QED) is 0.411. The Kier molecular flexibility index (Phi) is 5.13. The van der Waals surface area contributed by atoms with E-state index in [0.29, 0.717) is 5.92 Å². The number of amides is 1. The average Bonchev–Trinajstić information content (AvgIpc) is 3.22. The molecule has 0 bridgehead atoms. The van der Waals surface area contributed by atoms with E-state index in [1.807, 2.05) is 49.9 Å². The van der Waals surface area contributed by atoms with Crippen LogP contribution in [0.3, 0.4) is 0 Å². The van der Waals surface area contributed by atoms with E-state index in [1.54, 1.807) is 0 Å². The second kappa shape index (κ2) is 8.11. The van der Waals surface area contributed by atoms with E-state index in [4.69, 9.17) is 0 Å². The van der Waals surface area contributed by atoms with Gasteiger partial charge >= 0.3 is 0 Å². The number of aromatic amines is 1. The molecule has 6 heteroatoms. The predicted molar refractivity (Wildman–Crippen MR) is 129 cm³/mol. The third-order valence-corrected chi connectivity index (χ3v) is 6.39. The van der Waals surface area contributed by atoms with Gasteiger partial charge in [0.25, 0.3) is 5.91 Å². The lowest BCUT2D eigenvalue weighted by molar-refractivity contribution is 0.102. The Labute approximate surface area is 187 Å². The number of benzene rings is 1. The van der Waals surface area contributed by atoms with Crippen LogP contribution in [0.25, 0.3) is 22.0 Å². The predicted octanol–water partition coefficient (Wildman–Crippen LogP) is 5.35. The number of hydrogen-bond acceptors (Lipinski definition) is 4. The summed E-state index contributed by atoms with van der Waals surface area (Å²) < 4.78 is 0. The van der Waals surface area contributed by atoms with E-state index in [2.05, 4.69) is 45.5 Å². The Morgan fingerprint density at radius 3 is 2.88 bits per heavy atom. The zero-order chi connectivity index (χ0) is 22.2. The van der Waals surface area contributed by atoms with Crippen LogP contribution in [0.1, 0.15) is 40.5 Å². The van der Waals surface area contributed by atoms with Gasteiger partial charge in [-0.3, -0.25) is 9.78 Å². The van der Waals surface area contributed by atoms with E-state index in [1.165, 1.54) is 17.7 Å². The summed E-state index contributed by atoms with van der Waals surface area (Å²) in [7, 11) is 1.84. The molecule has 162 valence electrons. The van der Waals surface area contributed by atoms with Gasteiger partial charge in [-0.2, -0.15) is 0 Å². The first-order valence-corrected chi connectivity index (χ1v) is 11.1. The van der Waals surface area contributed by atoms with Crippen LogP contribution in [-0.2, 0) is 12.8 Å². The number of H-pyrrole nitrogens is 1. The van der Waals surface area contributed by atoms with Gasteiger partial charge in [-0.1, -0.05) is 13.0 Å². The molecular weight excluding hydrogens is 398 g/mol. The number of carbonyl (C=O) groups is 1. The molecule has 3 N–H and O–H groups in total. The van der Waals surface area contributed by atoms with Gasteiger partial charge in [0.15, 0.2) is 0 Å². The number of carbonyl (C=O) groups excluding carboxylic acids is 1. The van der Waals surface area contributed by atoms with Gasteiger partial charge < -0.3 is 15.6 Å². The average molecular weight is 426 g/mol. The lowest BCUT2D eigenvalue weighted by Crippen LogP contribution is -2.17. The monoisotopic (exact) mass is 425 g/mol. The number of fused-ring (bicyclic) bond motifs is 2. The largest absolute Gasteiger partial charge is 0.373 e. The molecule has 1 aliphatic carbocycles. The van der Waals surface area contributed by atoms with Crippen molar-refractivity contribution in [3.05, 3.63) is 71.3 Å². The first kappa shape index (κ1) is 20.2. The van der Waals surface area contributed by atoms with Gasteiger partial charge in [-0.25, -0.2) is 4.98 Å². The second-order valence-electron chi connectivity index (χ2n) is 8.73. The third kappa shape index (κ3) is 3.73. The lowest BCUT2D eigenvalue weighted by atomic mass is 9.87. The topological polar surface area (TPSA) is 82.7 Å². The molecule has 6 nitrogen and oxygen atoms in total. The van der Waals surface area contributed by atoms with Crippen LogP contribution in [-0.4, -0.2) is 27.9 Å². The fourth-order valence-corrected chi connectivity index (χ4v) is 4.51. The van der Waals surface area contributed by atoms with Crippen LogP contribution in [0.15, 0.2) is 48.9 Å². The van der Waals surface area contributed by atoms with Gasteiger partial charge in [-0.15, -0.1) is 0 Å². The smallest absolute Gasteiger partial charge is 0.257 e. The summed E-state index contributed by atoms with van der Waals surface area (Å²) in [6, 6.07) is 10.0. The van der Waals surface area contributed by atoms with Crippen molar-refractivity contribution in [3.8, 4) is 11.1 Å². The maximum absolute atomic E-state index is 13.1. The van der Waals surface area contributed by atoms with E-state index in [-0.39, 0.29) is 5.91 Å². The Bertz CT molecular complexity index is 1320. The normalized spacial score (nSPS) is 15.4. The van der Waals surface area contributed by atoms with Gasteiger partial charge in [-0.05, 0) is 67.0 Å². The van der Waals surface area contributed by atoms with Crippen molar-refractivity contribution < 1.29 is 4.79 Å². The zero-order valence-electron chi connectivity index (χ0n) is 18.6. The summed E-state index contributed by atoms with van der Waals surface area (Å²) in [5.74, 6) is 1.33. The summed E-state index contributed by atoms with van der Waals surface area (Å²) in [4.78, 5) is 25.4. The highest BCUT2D eigenvalue weighted by atomic mass is 16.1. The van der Waals surface area contributed by atoms with E-state index in [0.717, 1.165) is 57.5 Å². The molecule has 3 aromatic heterocycles. The summed E-state index contributed by atoms with van der Waals surface area (Å²) >= 11 is 0. The van der Waals surface area contributed by atoms with E-state index in [9.17, 15) is 4.79 Å². The maximum Gasteiger partial charge on any atom is 0.257 e. The van der Waals surface area contributed by atoms with Gasteiger partial charge in [0.1, 0.15) is 5.82 Å². The number of hydrogen-bond donors (Lipinski definition) is 3. The number of aryl methyl sites for hydroxylation is 2. The van der Waals surface area contributed by atoms with Crippen molar-refractivity contribution in [2.24, 2.45) is 5.92 Å². The number of rotatable bonds is 4. The molecule has 1 amide bonds. The minimum atomic E-state index is -0.0631. The highest BCUT2D eigenvalue weighted by Gasteiger charge is 2.23. The Morgan fingerprint density at radius 2 is 2.03 bits per heavy atom. The van der Waals surface area contributed by atoms with Crippen molar-refractivity contribution in [1.82, 2.24) is 15.0 Å². The van der Waals surface area contributed by atoms with Crippen LogP contribution in [0.2, 0.25) is 0 Å². The van der Waals surface area contributed by atoms with Crippen LogP contribution in [0, 0.1) is 12.8 Å². The fraction of sp³-hybridized carbons (Fsp3) is 0.269. The minimum absolute atomic E-state index is 0.0631. The molecule has 0 saturated carbocycles. The molecular formula is C26H27N5O. The summed E-state index contributed by atoms with van der Waals surface area (Å²) in [6.45, 7) is 4.31. The van der Waals surface area contributed by atoms with Gasteiger partial charge in [0.05, 0.1) is 11.1 Å². The first-order chi connectivity index (χ1) is 15.5. The molecule has 0 saturated heterocycles. The van der Waals surface area contributed by atoms with Crippen LogP contribution >= 0.6 is 0 Å². The molecule has 1 aromatic carbocycles. The Morgan fingerprint density at radius 1 is 1.16 bits per heavy atom. The maximum atomic E-state index is 13.1. The third-order valence-electron chi connectivity index (χ3n) is 6.39. The molecule has 3 heterocycles. The molecule has 1 aliphatic rings. The lowest BCUT2D eigenvalue weighted by Gasteiger charge is -2.19. The molecule has 0 fully saturated rings. The van der Waals surface area contributed by atoms with Crippen LogP contribution < -0.4 is 10.6 Å². The number of pyridine rings is 2. The molecule has 0 aliphatic heterocycles. The van der Waals surface area contributed by atoms with Crippen molar-refractivity contribution in [2.45, 2.75) is 33.1 Å². The zero-order valence-corrected chi connectivity index (χ0v) is 18.6. The van der Waals surface area contributed by atoms with Crippen molar-refractivity contribution in [2.75, 3.05) is 17.7 Å². The number of anilines is 2. The highest BCUT2D eigenvalue weighted by molar-refractivity contribution is 6.06. The van der Waals surface area contributed by atoms with Crippen molar-refractivity contribution >= 4 is 28.3 Å².